The fourth-order valence-electron chi connectivity index (χ4n) is 8.79. The average Bonchev–Trinajstić information content (AvgIpc) is 4.12. The predicted molar refractivity (Wildman–Crippen MR) is 233 cm³/mol. The van der Waals surface area contributed by atoms with Crippen LogP contribution < -0.4 is 10.6 Å². The summed E-state index contributed by atoms with van der Waals surface area (Å²) >= 11 is 0. The van der Waals surface area contributed by atoms with Crippen molar-refractivity contribution in [2.75, 3.05) is 26.2 Å². The maximum Gasteiger partial charge on any atom is 0.244 e. The lowest BCUT2D eigenvalue weighted by atomic mass is 9.96. The fraction of sp³-hybridized carbons (Fsp3) is 0.347. The molecule has 8 rings (SSSR count). The van der Waals surface area contributed by atoms with Crippen molar-refractivity contribution >= 4 is 23.1 Å². The number of hydrogen-bond donors (Lipinski definition) is 3. The second-order valence-electron chi connectivity index (χ2n) is 15.8. The summed E-state index contributed by atoms with van der Waals surface area (Å²) < 4.78 is 0. The number of amides is 2. The standard InChI is InChI=1S/C49H55N7O2/c1-3-27-50-45(38-13-7-5-8-14-38)48(57)55-29-11-17-43(55)41-31-40(32-52-41)36-21-19-34(20-22-36)35-23-25-37(26-24-35)42-33-53-47(54-42)44-18-12-30-56(44)49(58)46(51-28-4-2)39-15-9-6-10-16-39/h5-10,13-16,19-26,32-33,43-46,50-51H,3-4,11-12,17-18,27-31H2,1-2H3,(H,53,54)/t43-,44?,45+,46+/m0/s1. The molecule has 0 spiro atoms. The van der Waals surface area contributed by atoms with Crippen LogP contribution in [0, 0.1) is 0 Å². The highest BCUT2D eigenvalue weighted by molar-refractivity contribution is 6.03. The van der Waals surface area contributed by atoms with E-state index in [2.05, 4.69) is 82.9 Å². The van der Waals surface area contributed by atoms with Crippen molar-refractivity contribution in [3.63, 3.8) is 0 Å². The molecular weight excluding hydrogens is 719 g/mol. The number of allylic oxidation sites excluding steroid dienone is 1. The molecule has 0 aliphatic carbocycles. The van der Waals surface area contributed by atoms with Crippen molar-refractivity contribution in [3.05, 3.63) is 144 Å². The van der Waals surface area contributed by atoms with Gasteiger partial charge in [0.2, 0.25) is 11.8 Å². The van der Waals surface area contributed by atoms with E-state index in [9.17, 15) is 9.59 Å². The number of aliphatic imine (C=N–C) groups is 1. The first-order valence-electron chi connectivity index (χ1n) is 21.2. The number of hydrogen-bond acceptors (Lipinski definition) is 6. The first-order valence-corrected chi connectivity index (χ1v) is 21.2. The number of imidazole rings is 1. The Bertz CT molecular complexity index is 2210. The number of nitrogens with one attached hydrogen (secondary N) is 3. The molecule has 9 nitrogen and oxygen atoms in total. The van der Waals surface area contributed by atoms with Gasteiger partial charge in [-0.15, -0.1) is 0 Å². The second kappa shape index (κ2) is 18.3. The summed E-state index contributed by atoms with van der Waals surface area (Å²) in [6.07, 6.45) is 10.3. The lowest BCUT2D eigenvalue weighted by Gasteiger charge is -2.30. The van der Waals surface area contributed by atoms with Crippen molar-refractivity contribution in [1.82, 2.24) is 30.4 Å². The molecule has 3 aliphatic heterocycles. The van der Waals surface area contributed by atoms with Crippen LogP contribution >= 0.6 is 0 Å². The van der Waals surface area contributed by atoms with Crippen LogP contribution in [0.25, 0.3) is 28.0 Å². The predicted octanol–water partition coefficient (Wildman–Crippen LogP) is 9.07. The molecule has 2 saturated heterocycles. The van der Waals surface area contributed by atoms with Gasteiger partial charge in [0.25, 0.3) is 0 Å². The molecule has 58 heavy (non-hydrogen) atoms. The number of H-pyrrole nitrogens is 1. The molecule has 2 fully saturated rings. The van der Waals surface area contributed by atoms with E-state index in [1.807, 2.05) is 78.0 Å². The van der Waals surface area contributed by atoms with Gasteiger partial charge in [-0.25, -0.2) is 4.98 Å². The fourth-order valence-corrected chi connectivity index (χ4v) is 8.79. The molecule has 9 heteroatoms. The minimum Gasteiger partial charge on any atom is -0.340 e. The molecule has 0 saturated carbocycles. The molecule has 5 aromatic rings. The summed E-state index contributed by atoms with van der Waals surface area (Å²) in [5.41, 5.74) is 9.70. The van der Waals surface area contributed by atoms with E-state index in [1.54, 1.807) is 0 Å². The van der Waals surface area contributed by atoms with E-state index in [0.717, 1.165) is 122 Å². The Morgan fingerprint density at radius 3 is 1.72 bits per heavy atom. The van der Waals surface area contributed by atoms with Crippen molar-refractivity contribution < 1.29 is 9.59 Å². The van der Waals surface area contributed by atoms with Gasteiger partial charge >= 0.3 is 0 Å². The number of nitrogens with zero attached hydrogens (tertiary/aromatic N) is 4. The number of rotatable bonds is 15. The summed E-state index contributed by atoms with van der Waals surface area (Å²) in [4.78, 5) is 45.3. The highest BCUT2D eigenvalue weighted by Gasteiger charge is 2.38. The molecule has 4 atom stereocenters. The number of aromatic nitrogens is 2. The minimum atomic E-state index is -0.370. The Morgan fingerprint density at radius 2 is 1.17 bits per heavy atom. The Labute approximate surface area is 342 Å². The molecular formula is C49H55N7O2. The molecule has 1 unspecified atom stereocenters. The van der Waals surface area contributed by atoms with E-state index < -0.39 is 0 Å². The third-order valence-electron chi connectivity index (χ3n) is 11.9. The monoisotopic (exact) mass is 773 g/mol. The number of likely N-dealkylation sites (tertiary alicyclic amines) is 2. The van der Waals surface area contributed by atoms with Crippen LogP contribution in [0.3, 0.4) is 0 Å². The van der Waals surface area contributed by atoms with Gasteiger partial charge in [-0.3, -0.25) is 14.6 Å². The zero-order chi connectivity index (χ0) is 39.8. The number of carbonyl (C=O) groups excluding carboxylic acids is 2. The van der Waals surface area contributed by atoms with E-state index in [1.165, 1.54) is 5.57 Å². The van der Waals surface area contributed by atoms with Crippen LogP contribution in [-0.4, -0.2) is 69.5 Å². The average molecular weight is 774 g/mol. The summed E-state index contributed by atoms with van der Waals surface area (Å²) in [5.74, 6) is 1.08. The van der Waals surface area contributed by atoms with Gasteiger partial charge < -0.3 is 25.4 Å². The molecule has 3 N–H and O–H groups in total. The SMILES string of the molecule is CCCN[C@@H](C(=O)N1CCCC1c1ncc(-c2ccc(-c3ccc(C4=CN=C([C@@H]5CCCN5C(=O)[C@H](NCCC)c5ccccc5)C4)cc3)cc2)[nH]1)c1ccccc1. The van der Waals surface area contributed by atoms with Gasteiger partial charge in [-0.05, 0) is 90.6 Å². The van der Waals surface area contributed by atoms with Crippen LogP contribution in [0.5, 0.6) is 0 Å². The third-order valence-corrected chi connectivity index (χ3v) is 11.9. The summed E-state index contributed by atoms with van der Waals surface area (Å²) in [7, 11) is 0. The molecule has 4 aromatic carbocycles. The van der Waals surface area contributed by atoms with Gasteiger partial charge in [-0.1, -0.05) is 123 Å². The van der Waals surface area contributed by atoms with Gasteiger partial charge in [0.05, 0.1) is 24.0 Å². The number of aromatic amines is 1. The van der Waals surface area contributed by atoms with Gasteiger partial charge in [0.1, 0.15) is 17.9 Å². The van der Waals surface area contributed by atoms with Crippen LogP contribution in [0.4, 0.5) is 0 Å². The molecule has 3 aliphatic rings. The number of benzene rings is 4. The minimum absolute atomic E-state index is 0.0269. The Morgan fingerprint density at radius 1 is 0.672 bits per heavy atom. The maximum atomic E-state index is 14.0. The number of carbonyl (C=O) groups is 2. The topological polar surface area (TPSA) is 106 Å². The lowest BCUT2D eigenvalue weighted by molar-refractivity contribution is -0.135. The Hall–Kier alpha value is -5.64. The Balaban J connectivity index is 0.893. The highest BCUT2D eigenvalue weighted by atomic mass is 16.2. The quantitative estimate of drug-likeness (QED) is 0.0985. The molecule has 4 heterocycles. The van der Waals surface area contributed by atoms with Gasteiger partial charge in [0, 0.05) is 31.4 Å². The van der Waals surface area contributed by atoms with E-state index >= 15 is 0 Å². The van der Waals surface area contributed by atoms with Gasteiger partial charge in [0.15, 0.2) is 0 Å². The molecule has 0 bridgehead atoms. The molecule has 1 aromatic heterocycles. The second-order valence-corrected chi connectivity index (χ2v) is 15.8. The lowest BCUT2D eigenvalue weighted by Crippen LogP contribution is -2.46. The third kappa shape index (κ3) is 8.47. The first-order chi connectivity index (χ1) is 28.5. The van der Waals surface area contributed by atoms with Crippen molar-refractivity contribution in [2.45, 2.75) is 83.0 Å². The summed E-state index contributed by atoms with van der Waals surface area (Å²) in [6.45, 7) is 7.30. The van der Waals surface area contributed by atoms with Crippen LogP contribution in [0.2, 0.25) is 0 Å². The highest BCUT2D eigenvalue weighted by Crippen LogP contribution is 2.36. The largest absolute Gasteiger partial charge is 0.340 e. The zero-order valence-corrected chi connectivity index (χ0v) is 33.7. The van der Waals surface area contributed by atoms with Crippen LogP contribution in [-0.2, 0) is 9.59 Å². The Kier molecular flexibility index (Phi) is 12.4. The summed E-state index contributed by atoms with van der Waals surface area (Å²) in [6, 6.07) is 36.6. The van der Waals surface area contributed by atoms with Crippen molar-refractivity contribution in [3.8, 4) is 22.4 Å². The zero-order valence-electron chi connectivity index (χ0n) is 33.7. The van der Waals surface area contributed by atoms with Crippen molar-refractivity contribution in [1.29, 1.82) is 0 Å². The van der Waals surface area contributed by atoms with E-state index in [4.69, 9.17) is 9.98 Å². The maximum absolute atomic E-state index is 14.0. The summed E-state index contributed by atoms with van der Waals surface area (Å²) in [5, 5.41) is 6.99. The van der Waals surface area contributed by atoms with Crippen LogP contribution in [0.15, 0.2) is 127 Å². The smallest absolute Gasteiger partial charge is 0.244 e. The first kappa shape index (κ1) is 39.2. The van der Waals surface area contributed by atoms with Gasteiger partial charge in [-0.2, -0.15) is 0 Å². The molecule has 298 valence electrons. The van der Waals surface area contributed by atoms with Crippen LogP contribution in [0.1, 0.15) is 99.4 Å². The normalized spacial score (nSPS) is 18.9. The van der Waals surface area contributed by atoms with E-state index in [-0.39, 0.29) is 36.0 Å². The van der Waals surface area contributed by atoms with Crippen molar-refractivity contribution in [2.24, 2.45) is 4.99 Å². The molecule has 0 radical (unpaired) electrons. The van der Waals surface area contributed by atoms with E-state index in [0.29, 0.717) is 0 Å². The molecule has 2 amide bonds.